The second-order valence-electron chi connectivity index (χ2n) is 4.38. The van der Waals surface area contributed by atoms with Crippen LogP contribution in [0.4, 0.5) is 0 Å². The van der Waals surface area contributed by atoms with Crippen molar-refractivity contribution in [2.75, 3.05) is 7.11 Å². The molecule has 0 aliphatic rings. The lowest BCUT2D eigenvalue weighted by Crippen LogP contribution is -2.19. The Morgan fingerprint density at radius 3 is 2.94 bits per heavy atom. The van der Waals surface area contributed by atoms with E-state index in [1.54, 1.807) is 7.11 Å². The van der Waals surface area contributed by atoms with Gasteiger partial charge in [0.05, 0.1) is 19.1 Å². The quantitative estimate of drug-likeness (QED) is 0.878. The lowest BCUT2D eigenvalue weighted by Gasteiger charge is -2.15. The Hall–Kier alpha value is -1.81. The maximum atomic E-state index is 5.23. The molecule has 0 amide bonds. The summed E-state index contributed by atoms with van der Waals surface area (Å²) in [6.45, 7) is 2.94. The molecule has 1 aromatic carbocycles. The van der Waals surface area contributed by atoms with Crippen molar-refractivity contribution in [1.29, 1.82) is 0 Å². The molecule has 2 aromatic rings. The Kier molecular flexibility index (Phi) is 3.99. The summed E-state index contributed by atoms with van der Waals surface area (Å²) in [6.07, 6.45) is 3.69. The summed E-state index contributed by atoms with van der Waals surface area (Å²) in [5, 5.41) is 3.48. The third-order valence-corrected chi connectivity index (χ3v) is 3.10. The van der Waals surface area contributed by atoms with Crippen LogP contribution < -0.4 is 10.1 Å². The van der Waals surface area contributed by atoms with Gasteiger partial charge in [-0.3, -0.25) is 0 Å². The van der Waals surface area contributed by atoms with Crippen LogP contribution in [-0.2, 0) is 13.6 Å². The average molecular weight is 245 g/mol. The van der Waals surface area contributed by atoms with E-state index in [4.69, 9.17) is 4.74 Å². The first-order valence-corrected chi connectivity index (χ1v) is 6.03. The minimum absolute atomic E-state index is 0.273. The number of nitrogens with zero attached hydrogens (tertiary/aromatic N) is 2. The Morgan fingerprint density at radius 1 is 1.44 bits per heavy atom. The second kappa shape index (κ2) is 5.69. The van der Waals surface area contributed by atoms with Crippen molar-refractivity contribution in [3.8, 4) is 5.75 Å². The molecular formula is C14H19N3O. The molecule has 0 aliphatic carbocycles. The minimum atomic E-state index is 0.273. The fourth-order valence-corrected chi connectivity index (χ4v) is 1.84. The number of aromatic nitrogens is 2. The molecule has 18 heavy (non-hydrogen) atoms. The Balaban J connectivity index is 1.99. The van der Waals surface area contributed by atoms with E-state index in [1.807, 2.05) is 36.3 Å². The molecule has 0 saturated carbocycles. The SMILES string of the molecule is COc1cccc([C@@H](C)NCc2cncn2C)c1. The molecule has 96 valence electrons. The van der Waals surface area contributed by atoms with E-state index < -0.39 is 0 Å². The fourth-order valence-electron chi connectivity index (χ4n) is 1.84. The highest BCUT2D eigenvalue weighted by atomic mass is 16.5. The van der Waals surface area contributed by atoms with Crippen LogP contribution in [0.3, 0.4) is 0 Å². The van der Waals surface area contributed by atoms with Gasteiger partial charge in [0, 0.05) is 25.8 Å². The van der Waals surface area contributed by atoms with E-state index in [-0.39, 0.29) is 6.04 Å². The lowest BCUT2D eigenvalue weighted by molar-refractivity contribution is 0.413. The zero-order chi connectivity index (χ0) is 13.0. The molecule has 0 radical (unpaired) electrons. The van der Waals surface area contributed by atoms with Crippen LogP contribution in [0.25, 0.3) is 0 Å². The van der Waals surface area contributed by atoms with Gasteiger partial charge in [-0.15, -0.1) is 0 Å². The van der Waals surface area contributed by atoms with Crippen LogP contribution in [0.2, 0.25) is 0 Å². The van der Waals surface area contributed by atoms with E-state index in [0.29, 0.717) is 0 Å². The average Bonchev–Trinajstić information content (AvgIpc) is 2.81. The number of ether oxygens (including phenoxy) is 1. The number of benzene rings is 1. The molecule has 0 aliphatic heterocycles. The molecule has 1 N–H and O–H groups in total. The van der Waals surface area contributed by atoms with E-state index in [1.165, 1.54) is 11.3 Å². The standard InChI is InChI=1S/C14H19N3O/c1-11(12-5-4-6-14(7-12)18-3)16-9-13-8-15-10-17(13)2/h4-8,10-11,16H,9H2,1-3H3/t11-/m1/s1. The van der Waals surface area contributed by atoms with Crippen molar-refractivity contribution in [2.45, 2.75) is 19.5 Å². The zero-order valence-corrected chi connectivity index (χ0v) is 11.1. The molecule has 4 nitrogen and oxygen atoms in total. The van der Waals surface area contributed by atoms with Gasteiger partial charge in [0.15, 0.2) is 0 Å². The van der Waals surface area contributed by atoms with Gasteiger partial charge in [0.2, 0.25) is 0 Å². The topological polar surface area (TPSA) is 39.1 Å². The number of rotatable bonds is 5. The van der Waals surface area contributed by atoms with Crippen LogP contribution in [0.5, 0.6) is 5.75 Å². The number of aryl methyl sites for hydroxylation is 1. The lowest BCUT2D eigenvalue weighted by atomic mass is 10.1. The van der Waals surface area contributed by atoms with Crippen molar-refractivity contribution >= 4 is 0 Å². The van der Waals surface area contributed by atoms with Gasteiger partial charge >= 0.3 is 0 Å². The van der Waals surface area contributed by atoms with Gasteiger partial charge in [-0.05, 0) is 24.6 Å². The van der Waals surface area contributed by atoms with E-state index >= 15 is 0 Å². The van der Waals surface area contributed by atoms with Crippen LogP contribution >= 0.6 is 0 Å². The molecule has 1 aromatic heterocycles. The van der Waals surface area contributed by atoms with Gasteiger partial charge in [0.1, 0.15) is 5.75 Å². The maximum Gasteiger partial charge on any atom is 0.119 e. The summed E-state index contributed by atoms with van der Waals surface area (Å²) in [7, 11) is 3.69. The zero-order valence-electron chi connectivity index (χ0n) is 11.1. The molecule has 2 rings (SSSR count). The van der Waals surface area contributed by atoms with Crippen LogP contribution in [0.1, 0.15) is 24.2 Å². The largest absolute Gasteiger partial charge is 0.497 e. The van der Waals surface area contributed by atoms with Crippen molar-refractivity contribution in [3.63, 3.8) is 0 Å². The molecule has 0 fully saturated rings. The Labute approximate surface area is 108 Å². The highest BCUT2D eigenvalue weighted by molar-refractivity contribution is 5.30. The summed E-state index contributed by atoms with van der Waals surface area (Å²) in [5.41, 5.74) is 2.39. The Bertz CT molecular complexity index is 507. The van der Waals surface area contributed by atoms with Crippen LogP contribution in [0.15, 0.2) is 36.8 Å². The molecule has 1 atom stereocenters. The molecule has 0 unspecified atom stereocenters. The van der Waals surface area contributed by atoms with Gasteiger partial charge < -0.3 is 14.6 Å². The molecule has 0 bridgehead atoms. The van der Waals surface area contributed by atoms with Gasteiger partial charge in [-0.1, -0.05) is 12.1 Å². The summed E-state index contributed by atoms with van der Waals surface area (Å²) in [4.78, 5) is 4.10. The van der Waals surface area contributed by atoms with Gasteiger partial charge in [-0.2, -0.15) is 0 Å². The summed E-state index contributed by atoms with van der Waals surface area (Å²) in [6, 6.07) is 8.40. The molecule has 1 heterocycles. The highest BCUT2D eigenvalue weighted by Crippen LogP contribution is 2.18. The molecule has 0 spiro atoms. The Morgan fingerprint density at radius 2 is 2.28 bits per heavy atom. The highest BCUT2D eigenvalue weighted by Gasteiger charge is 2.07. The van der Waals surface area contributed by atoms with E-state index in [0.717, 1.165) is 12.3 Å². The van der Waals surface area contributed by atoms with Crippen molar-refractivity contribution in [1.82, 2.24) is 14.9 Å². The third kappa shape index (κ3) is 2.90. The van der Waals surface area contributed by atoms with Crippen molar-refractivity contribution < 1.29 is 4.74 Å². The van der Waals surface area contributed by atoms with E-state index in [9.17, 15) is 0 Å². The van der Waals surface area contributed by atoms with Gasteiger partial charge in [-0.25, -0.2) is 4.98 Å². The fraction of sp³-hybridized carbons (Fsp3) is 0.357. The number of nitrogens with one attached hydrogen (secondary N) is 1. The van der Waals surface area contributed by atoms with Crippen LogP contribution in [-0.4, -0.2) is 16.7 Å². The number of hydrogen-bond donors (Lipinski definition) is 1. The van der Waals surface area contributed by atoms with Crippen molar-refractivity contribution in [2.24, 2.45) is 7.05 Å². The number of hydrogen-bond acceptors (Lipinski definition) is 3. The van der Waals surface area contributed by atoms with Crippen molar-refractivity contribution in [3.05, 3.63) is 48.0 Å². The minimum Gasteiger partial charge on any atom is -0.497 e. The number of imidazole rings is 1. The maximum absolute atomic E-state index is 5.23. The molecule has 4 heteroatoms. The summed E-state index contributed by atoms with van der Waals surface area (Å²) < 4.78 is 7.25. The summed E-state index contributed by atoms with van der Waals surface area (Å²) in [5.74, 6) is 0.890. The third-order valence-electron chi connectivity index (χ3n) is 3.10. The first-order valence-electron chi connectivity index (χ1n) is 6.03. The normalized spacial score (nSPS) is 12.4. The first-order chi connectivity index (χ1) is 8.70. The van der Waals surface area contributed by atoms with E-state index in [2.05, 4.69) is 29.4 Å². The molecule has 0 saturated heterocycles. The predicted molar refractivity (Wildman–Crippen MR) is 71.5 cm³/mol. The monoisotopic (exact) mass is 245 g/mol. The first kappa shape index (κ1) is 12.6. The molecular weight excluding hydrogens is 226 g/mol. The number of methoxy groups -OCH3 is 1. The van der Waals surface area contributed by atoms with Crippen LogP contribution in [0, 0.1) is 0 Å². The summed E-state index contributed by atoms with van der Waals surface area (Å²) >= 11 is 0. The predicted octanol–water partition coefficient (Wildman–Crippen LogP) is 2.28. The van der Waals surface area contributed by atoms with Gasteiger partial charge in [0.25, 0.3) is 0 Å². The second-order valence-corrected chi connectivity index (χ2v) is 4.38. The smallest absolute Gasteiger partial charge is 0.119 e.